The minimum absolute atomic E-state index is 0.113. The van der Waals surface area contributed by atoms with E-state index in [0.29, 0.717) is 12.5 Å². The summed E-state index contributed by atoms with van der Waals surface area (Å²) in [4.78, 5) is 33.5. The molecule has 196 valence electrons. The van der Waals surface area contributed by atoms with E-state index in [1.807, 2.05) is 60.7 Å². The summed E-state index contributed by atoms with van der Waals surface area (Å²) in [6.07, 6.45) is -2.70. The van der Waals surface area contributed by atoms with Crippen LogP contribution in [0.1, 0.15) is 38.8 Å². The topological polar surface area (TPSA) is 108 Å². The number of alkyl halides is 1. The van der Waals surface area contributed by atoms with Crippen LogP contribution in [0, 0.1) is 10.8 Å². The Kier molecular flexibility index (Phi) is 10.7. The standard InChI is InChI=1S/C14H16O5.C7H7Cl.C6H10O3/c1-14(2)9-18-12(15)11(14)19-13(16)17-8-10-6-4-3-5-7-10;8-6-7-4-2-1-3-5-7;1-6(2)3-9-5(8)4(6)7/h3-7,11H,8-9H2,1-2H3;1-5H,6H2;4,7H,3H2,1-2H3/t11-;;4-/m0.0/s1. The molecule has 2 atom stereocenters. The van der Waals surface area contributed by atoms with Crippen LogP contribution in [0.3, 0.4) is 0 Å². The molecule has 0 amide bonds. The number of rotatable bonds is 4. The molecule has 2 aliphatic heterocycles. The van der Waals surface area contributed by atoms with Gasteiger partial charge in [0.05, 0.1) is 6.61 Å². The lowest BCUT2D eigenvalue weighted by atomic mass is 9.90. The summed E-state index contributed by atoms with van der Waals surface area (Å²) in [6, 6.07) is 19.2. The molecule has 2 aromatic carbocycles. The van der Waals surface area contributed by atoms with Crippen molar-refractivity contribution in [1.29, 1.82) is 0 Å². The van der Waals surface area contributed by atoms with E-state index in [0.717, 1.165) is 5.56 Å². The Morgan fingerprint density at radius 1 is 0.889 bits per heavy atom. The van der Waals surface area contributed by atoms with Gasteiger partial charge in [0.2, 0.25) is 6.10 Å². The Balaban J connectivity index is 0.000000221. The van der Waals surface area contributed by atoms with E-state index in [-0.39, 0.29) is 13.2 Å². The third kappa shape index (κ3) is 8.84. The predicted octanol–water partition coefficient (Wildman–Crippen LogP) is 4.65. The molecule has 2 aromatic rings. The fourth-order valence-electron chi connectivity index (χ4n) is 3.08. The number of esters is 2. The van der Waals surface area contributed by atoms with Crippen LogP contribution in [0.5, 0.6) is 0 Å². The summed E-state index contributed by atoms with van der Waals surface area (Å²) in [5, 5.41) is 9.05. The van der Waals surface area contributed by atoms with Crippen molar-refractivity contribution in [2.45, 2.75) is 52.4 Å². The third-order valence-corrected chi connectivity index (χ3v) is 5.78. The monoisotopic (exact) mass is 520 g/mol. The molecule has 2 saturated heterocycles. The molecule has 0 aliphatic carbocycles. The highest BCUT2D eigenvalue weighted by Gasteiger charge is 2.47. The molecule has 4 rings (SSSR count). The Morgan fingerprint density at radius 3 is 1.75 bits per heavy atom. The van der Waals surface area contributed by atoms with Crippen LogP contribution in [0.15, 0.2) is 60.7 Å². The van der Waals surface area contributed by atoms with E-state index in [1.165, 1.54) is 5.56 Å². The van der Waals surface area contributed by atoms with Gasteiger partial charge in [0.25, 0.3) is 0 Å². The zero-order valence-electron chi connectivity index (χ0n) is 20.9. The molecule has 2 fully saturated rings. The van der Waals surface area contributed by atoms with Gasteiger partial charge in [-0.25, -0.2) is 14.4 Å². The molecule has 2 aliphatic rings. The Labute approximate surface area is 216 Å². The fraction of sp³-hybridized carbons (Fsp3) is 0.444. The Morgan fingerprint density at radius 2 is 1.39 bits per heavy atom. The van der Waals surface area contributed by atoms with Gasteiger partial charge in [-0.2, -0.15) is 0 Å². The SMILES string of the molecule is CC1(C)COC(=O)[C@@H]1O.CC1(C)COC(=O)[C@@H]1OC(=O)OCc1ccccc1.ClCc1ccccc1. The highest BCUT2D eigenvalue weighted by Crippen LogP contribution is 2.31. The van der Waals surface area contributed by atoms with Gasteiger partial charge in [0.15, 0.2) is 6.10 Å². The molecular weight excluding hydrogens is 488 g/mol. The number of benzene rings is 2. The van der Waals surface area contributed by atoms with Crippen LogP contribution in [0.2, 0.25) is 0 Å². The van der Waals surface area contributed by atoms with E-state index in [9.17, 15) is 14.4 Å². The molecule has 36 heavy (non-hydrogen) atoms. The van der Waals surface area contributed by atoms with Gasteiger partial charge >= 0.3 is 18.1 Å². The minimum atomic E-state index is -0.933. The molecule has 9 heteroatoms. The molecule has 1 N–H and O–H groups in total. The normalized spacial score (nSPS) is 21.1. The summed E-state index contributed by atoms with van der Waals surface area (Å²) in [6.45, 7) is 7.86. The molecule has 0 saturated carbocycles. The molecule has 0 unspecified atom stereocenters. The lowest BCUT2D eigenvalue weighted by Crippen LogP contribution is -2.35. The zero-order valence-corrected chi connectivity index (χ0v) is 21.7. The number of carbonyl (C=O) groups excluding carboxylic acids is 3. The van der Waals surface area contributed by atoms with Gasteiger partial charge < -0.3 is 24.1 Å². The first kappa shape index (κ1) is 29.1. The third-order valence-electron chi connectivity index (χ3n) is 5.47. The van der Waals surface area contributed by atoms with Gasteiger partial charge in [-0.1, -0.05) is 88.4 Å². The number of hydrogen-bond donors (Lipinski definition) is 1. The first-order chi connectivity index (χ1) is 17.0. The number of carbonyl (C=O) groups is 3. The number of ether oxygens (including phenoxy) is 4. The Bertz CT molecular complexity index is 991. The van der Waals surface area contributed by atoms with E-state index in [4.69, 9.17) is 30.9 Å². The van der Waals surface area contributed by atoms with Crippen LogP contribution in [-0.4, -0.2) is 48.6 Å². The van der Waals surface area contributed by atoms with Crippen molar-refractivity contribution in [1.82, 2.24) is 0 Å². The summed E-state index contributed by atoms with van der Waals surface area (Å²) >= 11 is 5.53. The van der Waals surface area contributed by atoms with Gasteiger partial charge in [-0.15, -0.1) is 11.6 Å². The van der Waals surface area contributed by atoms with Crippen LogP contribution in [0.25, 0.3) is 0 Å². The van der Waals surface area contributed by atoms with Gasteiger partial charge in [0, 0.05) is 16.7 Å². The number of aliphatic hydroxyl groups excluding tert-OH is 1. The van der Waals surface area contributed by atoms with Crippen molar-refractivity contribution in [2.24, 2.45) is 10.8 Å². The van der Waals surface area contributed by atoms with E-state index >= 15 is 0 Å². The molecule has 0 bridgehead atoms. The van der Waals surface area contributed by atoms with Crippen molar-refractivity contribution < 1.29 is 38.4 Å². The van der Waals surface area contributed by atoms with Gasteiger partial charge in [-0.05, 0) is 11.1 Å². The Hall–Kier alpha value is -3.10. The largest absolute Gasteiger partial charge is 0.509 e. The second kappa shape index (κ2) is 13.3. The maximum Gasteiger partial charge on any atom is 0.509 e. The maximum absolute atomic E-state index is 11.6. The first-order valence-corrected chi connectivity index (χ1v) is 12.0. The molecule has 0 spiro atoms. The summed E-state index contributed by atoms with van der Waals surface area (Å²) < 4.78 is 19.5. The van der Waals surface area contributed by atoms with Crippen molar-refractivity contribution in [3.05, 3.63) is 71.8 Å². The second-order valence-electron chi connectivity index (χ2n) is 9.74. The number of cyclic esters (lactones) is 2. The van der Waals surface area contributed by atoms with Gasteiger partial charge in [0.1, 0.15) is 13.2 Å². The first-order valence-electron chi connectivity index (χ1n) is 11.4. The fourth-order valence-corrected chi connectivity index (χ4v) is 3.26. The second-order valence-corrected chi connectivity index (χ2v) is 10.0. The number of halogens is 1. The lowest BCUT2D eigenvalue weighted by molar-refractivity contribution is -0.146. The van der Waals surface area contributed by atoms with Crippen LogP contribution in [-0.2, 0) is 41.0 Å². The summed E-state index contributed by atoms with van der Waals surface area (Å²) in [5.41, 5.74) is 1.11. The molecule has 0 aromatic heterocycles. The quantitative estimate of drug-likeness (QED) is 0.352. The van der Waals surface area contributed by atoms with Crippen molar-refractivity contribution in [3.8, 4) is 0 Å². The molecule has 8 nitrogen and oxygen atoms in total. The highest BCUT2D eigenvalue weighted by molar-refractivity contribution is 6.17. The number of hydrogen-bond acceptors (Lipinski definition) is 8. The van der Waals surface area contributed by atoms with E-state index in [2.05, 4.69) is 4.74 Å². The maximum atomic E-state index is 11.6. The molecule has 0 radical (unpaired) electrons. The number of aliphatic hydroxyl groups is 1. The summed E-state index contributed by atoms with van der Waals surface area (Å²) in [7, 11) is 0. The van der Waals surface area contributed by atoms with Crippen molar-refractivity contribution >= 4 is 29.7 Å². The van der Waals surface area contributed by atoms with Crippen molar-refractivity contribution in [3.63, 3.8) is 0 Å². The van der Waals surface area contributed by atoms with Crippen molar-refractivity contribution in [2.75, 3.05) is 13.2 Å². The summed E-state index contributed by atoms with van der Waals surface area (Å²) in [5.74, 6) is -0.414. The van der Waals surface area contributed by atoms with Crippen LogP contribution >= 0.6 is 11.6 Å². The van der Waals surface area contributed by atoms with Crippen LogP contribution < -0.4 is 0 Å². The van der Waals surface area contributed by atoms with E-state index in [1.54, 1.807) is 27.7 Å². The predicted molar refractivity (Wildman–Crippen MR) is 133 cm³/mol. The average Bonchev–Trinajstić information content (AvgIpc) is 3.27. The highest BCUT2D eigenvalue weighted by atomic mass is 35.5. The average molecular weight is 521 g/mol. The van der Waals surface area contributed by atoms with E-state index < -0.39 is 41.1 Å². The van der Waals surface area contributed by atoms with Gasteiger partial charge in [-0.3, -0.25) is 0 Å². The molecular formula is C27H33ClO8. The zero-order chi connectivity index (χ0) is 26.8. The molecule has 2 heterocycles. The minimum Gasteiger partial charge on any atom is -0.463 e. The lowest BCUT2D eigenvalue weighted by Gasteiger charge is -2.21. The smallest absolute Gasteiger partial charge is 0.463 e. The van der Waals surface area contributed by atoms with Crippen LogP contribution in [0.4, 0.5) is 4.79 Å².